The normalized spacial score (nSPS) is 21.9. The van der Waals surface area contributed by atoms with Gasteiger partial charge in [0.2, 0.25) is 5.91 Å². The molecule has 1 N–H and O–H groups in total. The van der Waals surface area contributed by atoms with E-state index >= 15 is 0 Å². The summed E-state index contributed by atoms with van der Waals surface area (Å²) < 4.78 is 62.9. The number of nitrogens with one attached hydrogen (secondary N) is 1. The van der Waals surface area contributed by atoms with Gasteiger partial charge in [0.15, 0.2) is 0 Å². The number of halogens is 4. The van der Waals surface area contributed by atoms with E-state index in [2.05, 4.69) is 5.32 Å². The molecular weight excluding hydrogens is 464 g/mol. The van der Waals surface area contributed by atoms with Crippen LogP contribution in [0.2, 0.25) is 0 Å². The lowest BCUT2D eigenvalue weighted by Gasteiger charge is -2.50. The number of benzene rings is 2. The Morgan fingerprint density at radius 2 is 1.74 bits per heavy atom. The Labute approximate surface area is 201 Å². The van der Waals surface area contributed by atoms with Crippen LogP contribution in [0.4, 0.5) is 17.6 Å². The molecule has 0 aliphatic carbocycles. The molecule has 4 rings (SSSR count). The molecule has 9 heteroatoms. The Kier molecular flexibility index (Phi) is 6.66. The Hall–Kier alpha value is -2.94. The Morgan fingerprint density at radius 3 is 2.31 bits per heavy atom. The number of piperidine rings is 2. The molecule has 0 unspecified atom stereocenters. The van der Waals surface area contributed by atoms with E-state index in [-0.39, 0.29) is 62.1 Å². The van der Waals surface area contributed by atoms with Crippen molar-refractivity contribution >= 4 is 11.8 Å². The van der Waals surface area contributed by atoms with Crippen LogP contribution in [0.15, 0.2) is 48.5 Å². The highest BCUT2D eigenvalue weighted by Gasteiger charge is 2.64. The average Bonchev–Trinajstić information content (AvgIpc) is 2.81. The summed E-state index contributed by atoms with van der Waals surface area (Å²) in [6.07, 6.45) is -4.32. The predicted molar refractivity (Wildman–Crippen MR) is 121 cm³/mol. The van der Waals surface area contributed by atoms with Gasteiger partial charge in [-0.1, -0.05) is 42.5 Å². The maximum atomic E-state index is 14.9. The highest BCUT2D eigenvalue weighted by atomic mass is 19.4. The van der Waals surface area contributed by atoms with E-state index in [0.29, 0.717) is 5.56 Å². The summed E-state index contributed by atoms with van der Waals surface area (Å²) in [7, 11) is 0.881. The third-order valence-corrected chi connectivity index (χ3v) is 7.61. The van der Waals surface area contributed by atoms with Crippen LogP contribution in [-0.4, -0.2) is 49.6 Å². The van der Waals surface area contributed by atoms with Crippen molar-refractivity contribution in [3.05, 3.63) is 71.0 Å². The number of carbonyl (C=O) groups excluding carboxylic acids is 2. The summed E-state index contributed by atoms with van der Waals surface area (Å²) in [5, 5.41) is 2.81. The van der Waals surface area contributed by atoms with E-state index in [4.69, 9.17) is 4.74 Å². The zero-order chi connectivity index (χ0) is 25.4. The molecule has 2 saturated heterocycles. The molecular formula is C26H28F4N2O3. The van der Waals surface area contributed by atoms with Crippen molar-refractivity contribution in [3.63, 3.8) is 0 Å². The number of methoxy groups -OCH3 is 1. The molecule has 2 aliphatic rings. The zero-order valence-corrected chi connectivity index (χ0v) is 19.6. The van der Waals surface area contributed by atoms with Gasteiger partial charge in [0, 0.05) is 44.6 Å². The van der Waals surface area contributed by atoms with Gasteiger partial charge in [-0.15, -0.1) is 0 Å². The molecule has 0 saturated carbocycles. The molecule has 2 aromatic rings. The number of aryl methyl sites for hydroxylation is 1. The topological polar surface area (TPSA) is 58.6 Å². The fourth-order valence-corrected chi connectivity index (χ4v) is 5.74. The van der Waals surface area contributed by atoms with Gasteiger partial charge in [-0.05, 0) is 42.4 Å². The Bertz CT molecular complexity index is 1080. The summed E-state index contributed by atoms with van der Waals surface area (Å²) in [5.74, 6) is -2.08. The molecule has 0 bridgehead atoms. The highest BCUT2D eigenvalue weighted by molar-refractivity contribution is 5.88. The number of alkyl halides is 3. The van der Waals surface area contributed by atoms with Gasteiger partial charge in [-0.25, -0.2) is 4.39 Å². The smallest absolute Gasteiger partial charge is 0.356 e. The Morgan fingerprint density at radius 1 is 1.09 bits per heavy atom. The number of rotatable bonds is 4. The number of hydrogen-bond acceptors (Lipinski definition) is 3. The van der Waals surface area contributed by atoms with Crippen molar-refractivity contribution in [1.29, 1.82) is 0 Å². The largest absolute Gasteiger partial charge is 0.430 e. The highest BCUT2D eigenvalue weighted by Crippen LogP contribution is 2.51. The second kappa shape index (κ2) is 9.26. The fourth-order valence-electron chi connectivity index (χ4n) is 5.74. The standard InChI is InChI=1S/C26H28F4N2O3/c1-17-7-6-10-20(27)22(17)19-16-31-21(33)15-24(19)11-13-32(14-12-24)23(34)25(35-2,26(28,29)30)18-8-4-3-5-9-18/h3-10,19H,11-16H2,1-2H3,(H,31,33)/t19-,25+/m0/s1. The Balaban J connectivity index is 1.65. The van der Waals surface area contributed by atoms with Crippen LogP contribution in [0.25, 0.3) is 0 Å². The molecule has 35 heavy (non-hydrogen) atoms. The van der Waals surface area contributed by atoms with Crippen LogP contribution >= 0.6 is 0 Å². The lowest BCUT2D eigenvalue weighted by Crippen LogP contribution is -2.60. The number of amides is 2. The average molecular weight is 493 g/mol. The molecule has 2 aliphatic heterocycles. The van der Waals surface area contributed by atoms with Gasteiger partial charge in [0.25, 0.3) is 11.5 Å². The lowest BCUT2D eigenvalue weighted by molar-refractivity contribution is -0.271. The van der Waals surface area contributed by atoms with Gasteiger partial charge in [-0.3, -0.25) is 9.59 Å². The van der Waals surface area contributed by atoms with Crippen molar-refractivity contribution < 1.29 is 31.9 Å². The van der Waals surface area contributed by atoms with E-state index in [1.54, 1.807) is 25.1 Å². The van der Waals surface area contributed by atoms with Crippen molar-refractivity contribution in [2.75, 3.05) is 26.7 Å². The van der Waals surface area contributed by atoms with Crippen molar-refractivity contribution in [1.82, 2.24) is 10.2 Å². The van der Waals surface area contributed by atoms with E-state index in [1.165, 1.54) is 30.3 Å². The van der Waals surface area contributed by atoms with Crippen LogP contribution in [0.3, 0.4) is 0 Å². The summed E-state index contributed by atoms with van der Waals surface area (Å²) in [6, 6.07) is 11.7. The maximum absolute atomic E-state index is 14.9. The SMILES string of the molecule is CO[C@@](C(=O)N1CCC2(CC1)CC(=O)NC[C@H]2c1c(C)cccc1F)(c1ccccc1)C(F)(F)F. The molecule has 188 valence electrons. The molecule has 5 nitrogen and oxygen atoms in total. The minimum Gasteiger partial charge on any atom is -0.356 e. The van der Waals surface area contributed by atoms with Gasteiger partial charge >= 0.3 is 6.18 Å². The molecule has 2 heterocycles. The van der Waals surface area contributed by atoms with Crippen LogP contribution in [0.5, 0.6) is 0 Å². The maximum Gasteiger partial charge on any atom is 0.430 e. The predicted octanol–water partition coefficient (Wildman–Crippen LogP) is 4.45. The first-order chi connectivity index (χ1) is 16.6. The minimum atomic E-state index is -4.99. The number of likely N-dealkylation sites (tertiary alicyclic amines) is 1. The van der Waals surface area contributed by atoms with Crippen LogP contribution < -0.4 is 5.32 Å². The van der Waals surface area contributed by atoms with Gasteiger partial charge < -0.3 is 15.0 Å². The van der Waals surface area contributed by atoms with E-state index < -0.39 is 23.1 Å². The van der Waals surface area contributed by atoms with Gasteiger partial charge in [0.05, 0.1) is 0 Å². The number of nitrogens with zero attached hydrogens (tertiary/aromatic N) is 1. The summed E-state index contributed by atoms with van der Waals surface area (Å²) in [6.45, 7) is 2.05. The molecule has 0 aromatic heterocycles. The molecule has 2 aromatic carbocycles. The summed E-state index contributed by atoms with van der Waals surface area (Å²) in [4.78, 5) is 27.0. The molecule has 2 amide bonds. The quantitative estimate of drug-likeness (QED) is 0.642. The molecule has 2 atom stereocenters. The van der Waals surface area contributed by atoms with Crippen molar-refractivity contribution in [3.8, 4) is 0 Å². The second-order valence-corrected chi connectivity index (χ2v) is 9.41. The fraction of sp³-hybridized carbons (Fsp3) is 0.462. The van der Waals surface area contributed by atoms with E-state index in [1.807, 2.05) is 0 Å². The number of ether oxygens (including phenoxy) is 1. The zero-order valence-electron chi connectivity index (χ0n) is 19.6. The summed E-state index contributed by atoms with van der Waals surface area (Å²) >= 11 is 0. The van der Waals surface area contributed by atoms with Crippen LogP contribution in [-0.2, 0) is 19.9 Å². The first-order valence-electron chi connectivity index (χ1n) is 11.5. The molecule has 2 fully saturated rings. The number of carbonyl (C=O) groups is 2. The van der Waals surface area contributed by atoms with Gasteiger partial charge in [0.1, 0.15) is 5.82 Å². The third-order valence-electron chi connectivity index (χ3n) is 7.61. The van der Waals surface area contributed by atoms with E-state index in [0.717, 1.165) is 17.6 Å². The monoisotopic (exact) mass is 492 g/mol. The minimum absolute atomic E-state index is 0.00410. The lowest BCUT2D eigenvalue weighted by atomic mass is 9.62. The van der Waals surface area contributed by atoms with Gasteiger partial charge in [-0.2, -0.15) is 13.2 Å². The van der Waals surface area contributed by atoms with Crippen molar-refractivity contribution in [2.24, 2.45) is 5.41 Å². The third kappa shape index (κ3) is 4.20. The first kappa shape index (κ1) is 25.2. The molecule has 0 radical (unpaired) electrons. The van der Waals surface area contributed by atoms with E-state index in [9.17, 15) is 27.2 Å². The van der Waals surface area contributed by atoms with Crippen molar-refractivity contribution in [2.45, 2.75) is 43.9 Å². The number of hydrogen-bond donors (Lipinski definition) is 1. The molecule has 1 spiro atoms. The van der Waals surface area contributed by atoms with Crippen LogP contribution in [0.1, 0.15) is 41.9 Å². The van der Waals surface area contributed by atoms with Crippen LogP contribution in [0, 0.1) is 18.2 Å². The summed E-state index contributed by atoms with van der Waals surface area (Å²) in [5.41, 5.74) is -2.82. The first-order valence-corrected chi connectivity index (χ1v) is 11.5. The second-order valence-electron chi connectivity index (χ2n) is 9.41.